The number of amidine groups is 1. The van der Waals surface area contributed by atoms with Gasteiger partial charge in [0.05, 0.1) is 18.1 Å². The van der Waals surface area contributed by atoms with Crippen LogP contribution in [0, 0.1) is 0 Å². The van der Waals surface area contributed by atoms with E-state index in [0.717, 1.165) is 18.5 Å². The predicted molar refractivity (Wildman–Crippen MR) is 103 cm³/mol. The summed E-state index contributed by atoms with van der Waals surface area (Å²) in [5, 5.41) is 4.26. The van der Waals surface area contributed by atoms with Crippen LogP contribution in [0.15, 0.2) is 35.9 Å². The number of carbonyl (C=O) groups is 1. The molecule has 1 aliphatic rings. The summed E-state index contributed by atoms with van der Waals surface area (Å²) in [7, 11) is 3.77. The van der Waals surface area contributed by atoms with E-state index in [1.54, 1.807) is 28.1 Å². The average Bonchev–Trinajstić information content (AvgIpc) is 3.23. The molecule has 2 aromatic heterocycles. The zero-order valence-corrected chi connectivity index (χ0v) is 16.5. The molecule has 8 nitrogen and oxygen atoms in total. The summed E-state index contributed by atoms with van der Waals surface area (Å²) >= 11 is 0. The SMILES string of the molecule is CCN(C(=O)c1cnc(C2=NOC(CC)(CC)N2C)n1C)c1cccnc1. The number of hydrogen-bond acceptors (Lipinski definition) is 6. The van der Waals surface area contributed by atoms with Crippen LogP contribution in [0.25, 0.3) is 0 Å². The second-order valence-electron chi connectivity index (χ2n) is 6.51. The molecule has 0 spiro atoms. The Morgan fingerprint density at radius 3 is 2.52 bits per heavy atom. The van der Waals surface area contributed by atoms with Crippen LogP contribution in [0.4, 0.5) is 5.69 Å². The first-order chi connectivity index (χ1) is 13.0. The van der Waals surface area contributed by atoms with Crippen LogP contribution in [0.3, 0.4) is 0 Å². The second-order valence-corrected chi connectivity index (χ2v) is 6.51. The normalized spacial score (nSPS) is 15.4. The maximum atomic E-state index is 13.1. The summed E-state index contributed by atoms with van der Waals surface area (Å²) in [6, 6.07) is 3.68. The van der Waals surface area contributed by atoms with E-state index in [9.17, 15) is 4.79 Å². The van der Waals surface area contributed by atoms with Gasteiger partial charge in [-0.05, 0) is 19.1 Å². The summed E-state index contributed by atoms with van der Waals surface area (Å²) in [4.78, 5) is 31.1. The third-order valence-corrected chi connectivity index (χ3v) is 5.26. The van der Waals surface area contributed by atoms with Crippen LogP contribution in [-0.2, 0) is 11.9 Å². The largest absolute Gasteiger partial charge is 0.365 e. The number of anilines is 1. The topological polar surface area (TPSA) is 75.9 Å². The lowest BCUT2D eigenvalue weighted by Gasteiger charge is -2.32. The third-order valence-electron chi connectivity index (χ3n) is 5.26. The van der Waals surface area contributed by atoms with Crippen LogP contribution in [0.1, 0.15) is 49.9 Å². The summed E-state index contributed by atoms with van der Waals surface area (Å²) in [5.74, 6) is 1.10. The highest BCUT2D eigenvalue weighted by Crippen LogP contribution is 2.31. The molecule has 144 valence electrons. The van der Waals surface area contributed by atoms with E-state index in [1.165, 1.54) is 0 Å². The van der Waals surface area contributed by atoms with Crippen molar-refractivity contribution in [3.8, 4) is 0 Å². The van der Waals surface area contributed by atoms with Gasteiger partial charge < -0.3 is 19.2 Å². The maximum absolute atomic E-state index is 13.1. The van der Waals surface area contributed by atoms with Crippen molar-refractivity contribution < 1.29 is 9.63 Å². The first-order valence-corrected chi connectivity index (χ1v) is 9.23. The molecule has 1 amide bonds. The molecule has 0 bridgehead atoms. The van der Waals surface area contributed by atoms with Crippen molar-refractivity contribution in [1.29, 1.82) is 0 Å². The molecule has 8 heteroatoms. The van der Waals surface area contributed by atoms with Gasteiger partial charge in [0.2, 0.25) is 11.6 Å². The van der Waals surface area contributed by atoms with E-state index in [2.05, 4.69) is 29.0 Å². The van der Waals surface area contributed by atoms with Gasteiger partial charge in [0, 0.05) is 39.7 Å². The number of aromatic nitrogens is 3. The minimum atomic E-state index is -0.462. The molecule has 0 radical (unpaired) electrons. The first-order valence-electron chi connectivity index (χ1n) is 9.23. The fourth-order valence-corrected chi connectivity index (χ4v) is 3.40. The number of rotatable bonds is 6. The van der Waals surface area contributed by atoms with Crippen molar-refractivity contribution in [2.24, 2.45) is 12.2 Å². The molecule has 2 aromatic rings. The molecule has 0 unspecified atom stereocenters. The lowest BCUT2D eigenvalue weighted by atomic mass is 10.1. The molecule has 1 aliphatic heterocycles. The van der Waals surface area contributed by atoms with Gasteiger partial charge in [0.25, 0.3) is 5.91 Å². The first kappa shape index (κ1) is 18.9. The Labute approximate surface area is 159 Å². The van der Waals surface area contributed by atoms with E-state index >= 15 is 0 Å². The Balaban J connectivity index is 1.91. The molecule has 3 rings (SSSR count). The van der Waals surface area contributed by atoms with Crippen molar-refractivity contribution in [1.82, 2.24) is 19.4 Å². The van der Waals surface area contributed by atoms with Crippen LogP contribution in [0.5, 0.6) is 0 Å². The Morgan fingerprint density at radius 1 is 1.22 bits per heavy atom. The number of nitrogens with zero attached hydrogens (tertiary/aromatic N) is 6. The monoisotopic (exact) mass is 370 g/mol. The molecule has 0 saturated heterocycles. The highest BCUT2D eigenvalue weighted by molar-refractivity contribution is 6.06. The molecule has 0 N–H and O–H groups in total. The van der Waals surface area contributed by atoms with Crippen molar-refractivity contribution in [3.63, 3.8) is 0 Å². The molecular formula is C19H26N6O2. The zero-order valence-electron chi connectivity index (χ0n) is 16.5. The zero-order chi connectivity index (χ0) is 19.6. The average molecular weight is 370 g/mol. The third kappa shape index (κ3) is 3.05. The van der Waals surface area contributed by atoms with Gasteiger partial charge in [0.15, 0.2) is 5.82 Å². The van der Waals surface area contributed by atoms with E-state index in [1.807, 2.05) is 38.1 Å². The summed E-state index contributed by atoms with van der Waals surface area (Å²) in [6.07, 6.45) is 6.55. The molecular weight excluding hydrogens is 344 g/mol. The van der Waals surface area contributed by atoms with Gasteiger partial charge in [-0.2, -0.15) is 0 Å². The summed E-state index contributed by atoms with van der Waals surface area (Å²) in [6.45, 7) is 6.60. The predicted octanol–water partition coefficient (Wildman–Crippen LogP) is 2.62. The molecule has 0 saturated carbocycles. The Hall–Kier alpha value is -2.90. The second kappa shape index (κ2) is 7.38. The minimum absolute atomic E-state index is 0.133. The van der Waals surface area contributed by atoms with E-state index in [-0.39, 0.29) is 5.91 Å². The van der Waals surface area contributed by atoms with Crippen molar-refractivity contribution in [3.05, 3.63) is 42.2 Å². The minimum Gasteiger partial charge on any atom is -0.365 e. The molecule has 0 atom stereocenters. The lowest BCUT2D eigenvalue weighted by molar-refractivity contribution is -0.0953. The summed E-state index contributed by atoms with van der Waals surface area (Å²) in [5.41, 5.74) is 0.774. The highest BCUT2D eigenvalue weighted by atomic mass is 16.7. The van der Waals surface area contributed by atoms with Crippen LogP contribution >= 0.6 is 0 Å². The van der Waals surface area contributed by atoms with Gasteiger partial charge in [0.1, 0.15) is 5.69 Å². The number of carbonyl (C=O) groups excluding carboxylic acids is 1. The van der Waals surface area contributed by atoms with Gasteiger partial charge in [-0.1, -0.05) is 19.0 Å². The molecule has 0 fully saturated rings. The molecule has 3 heterocycles. The number of hydrogen-bond donors (Lipinski definition) is 0. The number of oxime groups is 1. The van der Waals surface area contributed by atoms with Gasteiger partial charge >= 0.3 is 0 Å². The molecule has 0 aromatic carbocycles. The lowest BCUT2D eigenvalue weighted by Crippen LogP contribution is -2.46. The van der Waals surface area contributed by atoms with E-state index < -0.39 is 5.72 Å². The van der Waals surface area contributed by atoms with Crippen LogP contribution in [0.2, 0.25) is 0 Å². The maximum Gasteiger partial charge on any atom is 0.276 e. The van der Waals surface area contributed by atoms with E-state index in [0.29, 0.717) is 23.9 Å². The standard InChI is InChI=1S/C19H26N6O2/c1-6-19(7-2)24(5)17(22-27-19)16-21-13-15(23(16)4)18(26)25(8-3)14-10-9-11-20-12-14/h9-13H,6-8H2,1-5H3. The fourth-order valence-electron chi connectivity index (χ4n) is 3.40. The number of pyridine rings is 1. The van der Waals surface area contributed by atoms with Crippen molar-refractivity contribution in [2.75, 3.05) is 18.5 Å². The highest BCUT2D eigenvalue weighted by Gasteiger charge is 2.42. The fraction of sp³-hybridized carbons (Fsp3) is 0.474. The molecule has 0 aliphatic carbocycles. The Kier molecular flexibility index (Phi) is 5.16. The Morgan fingerprint density at radius 2 is 1.96 bits per heavy atom. The Bertz CT molecular complexity index is 841. The van der Waals surface area contributed by atoms with E-state index in [4.69, 9.17) is 4.84 Å². The van der Waals surface area contributed by atoms with Gasteiger partial charge in [-0.25, -0.2) is 4.98 Å². The quantitative estimate of drug-likeness (QED) is 0.781. The van der Waals surface area contributed by atoms with Gasteiger partial charge in [-0.15, -0.1) is 0 Å². The smallest absolute Gasteiger partial charge is 0.276 e. The van der Waals surface area contributed by atoms with Gasteiger partial charge in [-0.3, -0.25) is 9.78 Å². The number of imidazole rings is 1. The van der Waals surface area contributed by atoms with Crippen LogP contribution in [-0.4, -0.2) is 50.5 Å². The van der Waals surface area contributed by atoms with Crippen molar-refractivity contribution >= 4 is 17.4 Å². The number of amides is 1. The molecule has 27 heavy (non-hydrogen) atoms. The van der Waals surface area contributed by atoms with Crippen LogP contribution < -0.4 is 4.90 Å². The summed E-state index contributed by atoms with van der Waals surface area (Å²) < 4.78 is 1.77. The van der Waals surface area contributed by atoms with Crippen molar-refractivity contribution in [2.45, 2.75) is 39.3 Å².